The lowest BCUT2D eigenvalue weighted by atomic mass is 10.3. The van der Waals surface area contributed by atoms with Crippen LogP contribution in [0.5, 0.6) is 0 Å². The fraction of sp³-hybridized carbons (Fsp3) is 0.429. The zero-order chi connectivity index (χ0) is 15.4. The summed E-state index contributed by atoms with van der Waals surface area (Å²) >= 11 is 0. The van der Waals surface area contributed by atoms with Gasteiger partial charge in [-0.25, -0.2) is 13.8 Å². The van der Waals surface area contributed by atoms with Gasteiger partial charge in [-0.1, -0.05) is 0 Å². The van der Waals surface area contributed by atoms with E-state index >= 15 is 0 Å². The van der Waals surface area contributed by atoms with Crippen molar-refractivity contribution in [1.29, 1.82) is 5.26 Å². The molecular formula is C14H16F2N4O. The number of halogens is 2. The van der Waals surface area contributed by atoms with Crippen LogP contribution in [0, 0.1) is 23.0 Å². The summed E-state index contributed by atoms with van der Waals surface area (Å²) in [4.78, 5) is 6.16. The zero-order valence-corrected chi connectivity index (χ0v) is 11.7. The van der Waals surface area contributed by atoms with Gasteiger partial charge in [-0.15, -0.1) is 0 Å². The first-order valence-corrected chi connectivity index (χ1v) is 6.57. The predicted octanol–water partition coefficient (Wildman–Crippen LogP) is 1.65. The van der Waals surface area contributed by atoms with E-state index in [1.54, 1.807) is 4.57 Å². The molecule has 0 saturated carbocycles. The SMILES string of the molecule is CN(CCO)Cc1nc2cc(F)c(F)cc2n1CCC#N. The van der Waals surface area contributed by atoms with E-state index in [-0.39, 0.29) is 13.0 Å². The van der Waals surface area contributed by atoms with E-state index in [1.165, 1.54) is 0 Å². The number of nitrogens with zero attached hydrogens (tertiary/aromatic N) is 4. The normalized spacial score (nSPS) is 11.2. The van der Waals surface area contributed by atoms with E-state index in [1.807, 2.05) is 18.0 Å². The van der Waals surface area contributed by atoms with Crippen LogP contribution in [0.4, 0.5) is 8.78 Å². The van der Waals surface area contributed by atoms with Gasteiger partial charge in [-0.2, -0.15) is 5.26 Å². The molecule has 0 atom stereocenters. The molecule has 2 rings (SSSR count). The maximum absolute atomic E-state index is 13.4. The topological polar surface area (TPSA) is 65.1 Å². The highest BCUT2D eigenvalue weighted by atomic mass is 19.2. The summed E-state index contributed by atoms with van der Waals surface area (Å²) in [6.07, 6.45) is 0.251. The first kappa shape index (κ1) is 15.4. The first-order valence-electron chi connectivity index (χ1n) is 6.57. The van der Waals surface area contributed by atoms with Gasteiger partial charge in [0.2, 0.25) is 0 Å². The average Bonchev–Trinajstić information content (AvgIpc) is 2.74. The lowest BCUT2D eigenvalue weighted by Gasteiger charge is -2.15. The Balaban J connectivity index is 2.44. The van der Waals surface area contributed by atoms with Crippen molar-refractivity contribution in [3.63, 3.8) is 0 Å². The van der Waals surface area contributed by atoms with Crippen LogP contribution in [-0.4, -0.2) is 39.8 Å². The molecule has 7 heteroatoms. The van der Waals surface area contributed by atoms with Crippen molar-refractivity contribution in [3.8, 4) is 6.07 Å². The van der Waals surface area contributed by atoms with Crippen molar-refractivity contribution in [3.05, 3.63) is 29.6 Å². The number of likely N-dealkylation sites (N-methyl/N-ethyl adjacent to an activating group) is 1. The Morgan fingerprint density at radius 3 is 2.76 bits per heavy atom. The van der Waals surface area contributed by atoms with Gasteiger partial charge in [0, 0.05) is 25.2 Å². The van der Waals surface area contributed by atoms with E-state index in [0.29, 0.717) is 36.5 Å². The van der Waals surface area contributed by atoms with Gasteiger partial charge < -0.3 is 9.67 Å². The predicted molar refractivity (Wildman–Crippen MR) is 73.3 cm³/mol. The van der Waals surface area contributed by atoms with Gasteiger partial charge >= 0.3 is 0 Å². The van der Waals surface area contributed by atoms with Crippen LogP contribution in [0.1, 0.15) is 12.2 Å². The summed E-state index contributed by atoms with van der Waals surface area (Å²) in [7, 11) is 1.81. The first-order chi connectivity index (χ1) is 10.1. The molecule has 1 N–H and O–H groups in total. The van der Waals surface area contributed by atoms with Gasteiger partial charge in [0.1, 0.15) is 5.82 Å². The number of aryl methyl sites for hydroxylation is 1. The smallest absolute Gasteiger partial charge is 0.161 e. The molecule has 0 amide bonds. The van der Waals surface area contributed by atoms with Crippen LogP contribution in [0.25, 0.3) is 11.0 Å². The maximum atomic E-state index is 13.4. The Hall–Kier alpha value is -2.04. The average molecular weight is 294 g/mol. The number of aliphatic hydroxyl groups is 1. The molecular weight excluding hydrogens is 278 g/mol. The summed E-state index contributed by atoms with van der Waals surface area (Å²) in [6, 6.07) is 4.19. The van der Waals surface area contributed by atoms with Crippen LogP contribution < -0.4 is 0 Å². The molecule has 0 saturated heterocycles. The lowest BCUT2D eigenvalue weighted by Crippen LogP contribution is -2.23. The van der Waals surface area contributed by atoms with Crippen LogP contribution in [-0.2, 0) is 13.1 Å². The summed E-state index contributed by atoms with van der Waals surface area (Å²) in [5.74, 6) is -1.26. The van der Waals surface area contributed by atoms with Crippen LogP contribution in [0.2, 0.25) is 0 Å². The maximum Gasteiger partial charge on any atom is 0.161 e. The molecule has 0 bridgehead atoms. The van der Waals surface area contributed by atoms with E-state index in [4.69, 9.17) is 10.4 Å². The molecule has 0 unspecified atom stereocenters. The highest BCUT2D eigenvalue weighted by molar-refractivity contribution is 5.76. The monoisotopic (exact) mass is 294 g/mol. The number of fused-ring (bicyclic) bond motifs is 1. The number of hydrogen-bond donors (Lipinski definition) is 1. The Labute approximate surface area is 121 Å². The highest BCUT2D eigenvalue weighted by Gasteiger charge is 2.15. The van der Waals surface area contributed by atoms with Crippen molar-refractivity contribution >= 4 is 11.0 Å². The Morgan fingerprint density at radius 2 is 2.10 bits per heavy atom. The Kier molecular flexibility index (Phi) is 4.83. The fourth-order valence-corrected chi connectivity index (χ4v) is 2.19. The Morgan fingerprint density at radius 1 is 1.38 bits per heavy atom. The number of rotatable bonds is 6. The van der Waals surface area contributed by atoms with Crippen molar-refractivity contribution in [2.24, 2.45) is 0 Å². The summed E-state index contributed by atoms with van der Waals surface area (Å²) in [6.45, 7) is 1.26. The van der Waals surface area contributed by atoms with Crippen molar-refractivity contribution < 1.29 is 13.9 Å². The Bertz CT molecular complexity index is 678. The molecule has 0 radical (unpaired) electrons. The molecule has 2 aromatic rings. The standard InChI is InChI=1S/C14H16F2N4O/c1-19(5-6-21)9-14-18-12-7-10(15)11(16)8-13(12)20(14)4-2-3-17/h7-8,21H,2,4-6,9H2,1H3. The fourth-order valence-electron chi connectivity index (χ4n) is 2.19. The van der Waals surface area contributed by atoms with Crippen LogP contribution >= 0.6 is 0 Å². The summed E-state index contributed by atoms with van der Waals surface area (Å²) in [5.41, 5.74) is 0.829. The minimum absolute atomic E-state index is 0.0121. The second-order valence-electron chi connectivity index (χ2n) is 4.80. The van der Waals surface area contributed by atoms with Crippen LogP contribution in [0.3, 0.4) is 0 Å². The van der Waals surface area contributed by atoms with Gasteiger partial charge in [-0.3, -0.25) is 4.90 Å². The van der Waals surface area contributed by atoms with E-state index < -0.39 is 11.6 Å². The molecule has 112 valence electrons. The largest absolute Gasteiger partial charge is 0.395 e. The van der Waals surface area contributed by atoms with Crippen molar-refractivity contribution in [1.82, 2.24) is 14.5 Å². The number of imidazole rings is 1. The second kappa shape index (κ2) is 6.61. The van der Waals surface area contributed by atoms with Crippen molar-refractivity contribution in [2.75, 3.05) is 20.2 Å². The third kappa shape index (κ3) is 3.35. The van der Waals surface area contributed by atoms with Gasteiger partial charge in [-0.05, 0) is 7.05 Å². The molecule has 0 spiro atoms. The van der Waals surface area contributed by atoms with Gasteiger partial charge in [0.15, 0.2) is 11.6 Å². The van der Waals surface area contributed by atoms with E-state index in [9.17, 15) is 8.78 Å². The number of nitriles is 1. The van der Waals surface area contributed by atoms with Gasteiger partial charge in [0.25, 0.3) is 0 Å². The number of benzene rings is 1. The summed E-state index contributed by atoms with van der Waals surface area (Å²) in [5, 5.41) is 17.7. The van der Waals surface area contributed by atoms with Crippen molar-refractivity contribution in [2.45, 2.75) is 19.5 Å². The number of aromatic nitrogens is 2. The van der Waals surface area contributed by atoms with E-state index in [0.717, 1.165) is 12.1 Å². The minimum atomic E-state index is -0.942. The highest BCUT2D eigenvalue weighted by Crippen LogP contribution is 2.21. The molecule has 0 aliphatic rings. The molecule has 5 nitrogen and oxygen atoms in total. The molecule has 0 fully saturated rings. The molecule has 0 aliphatic heterocycles. The number of hydrogen-bond acceptors (Lipinski definition) is 4. The second-order valence-corrected chi connectivity index (χ2v) is 4.80. The molecule has 0 aliphatic carbocycles. The number of aliphatic hydroxyl groups excluding tert-OH is 1. The minimum Gasteiger partial charge on any atom is -0.395 e. The third-order valence-corrected chi connectivity index (χ3v) is 3.21. The molecule has 1 heterocycles. The molecule has 1 aromatic carbocycles. The van der Waals surface area contributed by atoms with Gasteiger partial charge in [0.05, 0.1) is 36.7 Å². The third-order valence-electron chi connectivity index (χ3n) is 3.21. The van der Waals surface area contributed by atoms with Crippen LogP contribution in [0.15, 0.2) is 12.1 Å². The summed E-state index contributed by atoms with van der Waals surface area (Å²) < 4.78 is 28.4. The molecule has 21 heavy (non-hydrogen) atoms. The lowest BCUT2D eigenvalue weighted by molar-refractivity contribution is 0.213. The zero-order valence-electron chi connectivity index (χ0n) is 11.7. The van der Waals surface area contributed by atoms with E-state index in [2.05, 4.69) is 4.98 Å². The molecule has 1 aromatic heterocycles. The quantitative estimate of drug-likeness (QED) is 0.880.